The zero-order valence-corrected chi connectivity index (χ0v) is 7.08. The molecule has 13 heavy (non-hydrogen) atoms. The summed E-state index contributed by atoms with van der Waals surface area (Å²) in [5.41, 5.74) is 0. The third-order valence-corrected chi connectivity index (χ3v) is 1.71. The lowest BCUT2D eigenvalue weighted by Gasteiger charge is -2.08. The van der Waals surface area contributed by atoms with Gasteiger partial charge in [-0.05, 0) is 0 Å². The van der Waals surface area contributed by atoms with Crippen LogP contribution in [0.15, 0.2) is 0 Å². The van der Waals surface area contributed by atoms with Crippen LogP contribution in [0.4, 0.5) is 0 Å². The van der Waals surface area contributed by atoms with Gasteiger partial charge in [0.05, 0.1) is 12.5 Å². The van der Waals surface area contributed by atoms with Crippen molar-refractivity contribution in [2.24, 2.45) is 0 Å². The molecule has 1 N–H and O–H groups in total. The Labute approximate surface area is 75.7 Å². The molecule has 0 aliphatic carbocycles. The van der Waals surface area contributed by atoms with E-state index in [2.05, 4.69) is 5.32 Å². The minimum absolute atomic E-state index is 0.270. The lowest BCUT2D eigenvalue weighted by atomic mass is 10.2. The number of carbonyl (C=O) groups excluding carboxylic acids is 2. The Morgan fingerprint density at radius 1 is 1.77 bits per heavy atom. The van der Waals surface area contributed by atoms with Crippen molar-refractivity contribution in [3.05, 3.63) is 0 Å². The fraction of sp³-hybridized carbons (Fsp3) is 0.625. The van der Waals surface area contributed by atoms with Crippen molar-refractivity contribution in [3.8, 4) is 6.07 Å². The number of rotatable bonds is 3. The highest BCUT2D eigenvalue weighted by molar-refractivity contribution is 5.86. The van der Waals surface area contributed by atoms with Crippen LogP contribution in [-0.4, -0.2) is 24.5 Å². The van der Waals surface area contributed by atoms with Crippen molar-refractivity contribution in [3.63, 3.8) is 0 Å². The van der Waals surface area contributed by atoms with E-state index in [-0.39, 0.29) is 18.3 Å². The van der Waals surface area contributed by atoms with Crippen LogP contribution in [0.25, 0.3) is 0 Å². The summed E-state index contributed by atoms with van der Waals surface area (Å²) >= 11 is 0. The molecule has 1 aliphatic rings. The number of amides is 1. The summed E-state index contributed by atoms with van der Waals surface area (Å²) in [4.78, 5) is 21.8. The quantitative estimate of drug-likeness (QED) is 0.481. The summed E-state index contributed by atoms with van der Waals surface area (Å²) < 4.78 is 4.72. The van der Waals surface area contributed by atoms with Crippen molar-refractivity contribution < 1.29 is 14.3 Å². The van der Waals surface area contributed by atoms with E-state index in [0.717, 1.165) is 0 Å². The number of hydrogen-bond acceptors (Lipinski definition) is 4. The molecule has 1 atom stereocenters. The minimum Gasteiger partial charge on any atom is -0.452 e. The predicted molar refractivity (Wildman–Crippen MR) is 42.4 cm³/mol. The molecular formula is C8H10N2O3. The Bertz CT molecular complexity index is 257. The van der Waals surface area contributed by atoms with Crippen LogP contribution < -0.4 is 5.32 Å². The van der Waals surface area contributed by atoms with Gasteiger partial charge in [0.15, 0.2) is 6.10 Å². The van der Waals surface area contributed by atoms with Crippen LogP contribution in [0, 0.1) is 11.3 Å². The highest BCUT2D eigenvalue weighted by atomic mass is 16.6. The maximum Gasteiger partial charge on any atom is 0.306 e. The maximum absolute atomic E-state index is 11.2. The lowest BCUT2D eigenvalue weighted by Crippen LogP contribution is -2.34. The molecule has 70 valence electrons. The van der Waals surface area contributed by atoms with Gasteiger partial charge in [0.2, 0.25) is 0 Å². The van der Waals surface area contributed by atoms with E-state index in [0.29, 0.717) is 19.4 Å². The third kappa shape index (κ3) is 2.75. The number of nitrogens with zero attached hydrogens (tertiary/aromatic N) is 1. The summed E-state index contributed by atoms with van der Waals surface area (Å²) in [6, 6.07) is 1.90. The number of ether oxygens (including phenoxy) is 1. The number of cyclic esters (lactones) is 1. The Hall–Kier alpha value is -1.57. The van der Waals surface area contributed by atoms with Crippen molar-refractivity contribution >= 4 is 11.9 Å². The molecule has 0 aromatic carbocycles. The summed E-state index contributed by atoms with van der Waals surface area (Å²) in [6.45, 7) is 0.309. The van der Waals surface area contributed by atoms with Gasteiger partial charge in [-0.25, -0.2) is 0 Å². The van der Waals surface area contributed by atoms with E-state index >= 15 is 0 Å². The number of hydrogen-bond donors (Lipinski definition) is 1. The molecule has 1 saturated heterocycles. The van der Waals surface area contributed by atoms with Gasteiger partial charge in [-0.2, -0.15) is 5.26 Å². The monoisotopic (exact) mass is 182 g/mol. The second-order valence-corrected chi connectivity index (χ2v) is 2.72. The lowest BCUT2D eigenvalue weighted by molar-refractivity contribution is -0.148. The van der Waals surface area contributed by atoms with Gasteiger partial charge in [0.1, 0.15) is 0 Å². The molecule has 0 spiro atoms. The summed E-state index contributed by atoms with van der Waals surface area (Å²) in [6.07, 6.45) is 0.367. The SMILES string of the molecule is N#CCCNC(=O)C1CCC(=O)O1. The average molecular weight is 182 g/mol. The van der Waals surface area contributed by atoms with Crippen LogP contribution in [0.2, 0.25) is 0 Å². The molecule has 1 aliphatic heterocycles. The highest BCUT2D eigenvalue weighted by Crippen LogP contribution is 2.13. The van der Waals surface area contributed by atoms with Crippen molar-refractivity contribution in [1.29, 1.82) is 5.26 Å². The van der Waals surface area contributed by atoms with Gasteiger partial charge in [0, 0.05) is 19.4 Å². The highest BCUT2D eigenvalue weighted by Gasteiger charge is 2.29. The molecule has 0 aromatic rings. The zero-order chi connectivity index (χ0) is 9.68. The summed E-state index contributed by atoms with van der Waals surface area (Å²) in [7, 11) is 0. The van der Waals surface area contributed by atoms with Crippen LogP contribution in [0.5, 0.6) is 0 Å². The van der Waals surface area contributed by atoms with Crippen molar-refractivity contribution in [2.45, 2.75) is 25.4 Å². The number of nitriles is 1. The van der Waals surface area contributed by atoms with Gasteiger partial charge >= 0.3 is 5.97 Å². The van der Waals surface area contributed by atoms with Gasteiger partial charge in [-0.15, -0.1) is 0 Å². The first-order valence-corrected chi connectivity index (χ1v) is 4.08. The van der Waals surface area contributed by atoms with Crippen molar-refractivity contribution in [2.75, 3.05) is 6.54 Å². The smallest absolute Gasteiger partial charge is 0.306 e. The topological polar surface area (TPSA) is 79.2 Å². The van der Waals surface area contributed by atoms with Crippen LogP contribution in [0.1, 0.15) is 19.3 Å². The first-order chi connectivity index (χ1) is 6.24. The molecule has 1 heterocycles. The predicted octanol–water partition coefficient (Wildman–Crippen LogP) is -0.278. The second-order valence-electron chi connectivity index (χ2n) is 2.72. The fourth-order valence-electron chi connectivity index (χ4n) is 1.07. The van der Waals surface area contributed by atoms with Crippen LogP contribution in [0.3, 0.4) is 0 Å². The van der Waals surface area contributed by atoms with E-state index in [4.69, 9.17) is 10.00 Å². The number of carbonyl (C=O) groups is 2. The molecule has 0 aromatic heterocycles. The van der Waals surface area contributed by atoms with E-state index in [9.17, 15) is 9.59 Å². The third-order valence-electron chi connectivity index (χ3n) is 1.71. The molecule has 5 nitrogen and oxygen atoms in total. The van der Waals surface area contributed by atoms with Gasteiger partial charge in [0.25, 0.3) is 5.91 Å². The Morgan fingerprint density at radius 2 is 2.54 bits per heavy atom. The number of esters is 1. The molecule has 0 bridgehead atoms. The Morgan fingerprint density at radius 3 is 3.08 bits per heavy atom. The van der Waals surface area contributed by atoms with E-state index in [1.807, 2.05) is 6.07 Å². The first-order valence-electron chi connectivity index (χ1n) is 4.08. The normalized spacial score (nSPS) is 20.5. The van der Waals surface area contributed by atoms with Crippen LogP contribution in [-0.2, 0) is 14.3 Å². The number of nitrogens with one attached hydrogen (secondary N) is 1. The van der Waals surface area contributed by atoms with E-state index in [1.54, 1.807) is 0 Å². The van der Waals surface area contributed by atoms with E-state index in [1.165, 1.54) is 0 Å². The maximum atomic E-state index is 11.2. The summed E-state index contributed by atoms with van der Waals surface area (Å²) in [5, 5.41) is 10.7. The summed E-state index contributed by atoms with van der Waals surface area (Å²) in [5.74, 6) is -0.637. The van der Waals surface area contributed by atoms with E-state index < -0.39 is 6.10 Å². The second kappa shape index (κ2) is 4.45. The molecule has 1 rings (SSSR count). The molecule has 1 unspecified atom stereocenters. The minimum atomic E-state index is -0.647. The molecule has 1 amide bonds. The fourth-order valence-corrected chi connectivity index (χ4v) is 1.07. The van der Waals surface area contributed by atoms with Gasteiger partial charge < -0.3 is 10.1 Å². The molecule has 0 saturated carbocycles. The molecule has 0 radical (unpaired) electrons. The zero-order valence-electron chi connectivity index (χ0n) is 7.08. The molecule has 5 heteroatoms. The van der Waals surface area contributed by atoms with Gasteiger partial charge in [-0.1, -0.05) is 0 Å². The Kier molecular flexibility index (Phi) is 3.26. The van der Waals surface area contributed by atoms with Gasteiger partial charge in [-0.3, -0.25) is 9.59 Å². The molecular weight excluding hydrogens is 172 g/mol. The Balaban J connectivity index is 2.24. The van der Waals surface area contributed by atoms with Crippen molar-refractivity contribution in [1.82, 2.24) is 5.32 Å². The standard InChI is InChI=1S/C8H10N2O3/c9-4-1-5-10-8(12)6-2-3-7(11)13-6/h6H,1-3,5H2,(H,10,12). The average Bonchev–Trinajstić information content (AvgIpc) is 2.52. The first kappa shape index (κ1) is 9.52. The van der Waals surface area contributed by atoms with Crippen LogP contribution >= 0.6 is 0 Å². The largest absolute Gasteiger partial charge is 0.452 e. The molecule has 1 fully saturated rings.